The third-order valence-electron chi connectivity index (χ3n) is 5.94. The molecule has 1 aliphatic carbocycles. The summed E-state index contributed by atoms with van der Waals surface area (Å²) in [6.07, 6.45) is -0.594. The highest BCUT2D eigenvalue weighted by Crippen LogP contribution is 2.44. The third-order valence-corrected chi connectivity index (χ3v) is 6.93. The Labute approximate surface area is 201 Å². The Balaban J connectivity index is 1.38. The molecule has 0 saturated heterocycles. The van der Waals surface area contributed by atoms with E-state index in [1.807, 2.05) is 41.8 Å². The number of alkyl carbamates (subject to hydrolysis) is 1. The molecule has 0 saturated carbocycles. The topological polar surface area (TPSA) is 105 Å². The molecule has 2 atom stereocenters. The van der Waals surface area contributed by atoms with E-state index in [4.69, 9.17) is 4.74 Å². The number of rotatable bonds is 9. The Morgan fingerprint density at radius 1 is 0.971 bits per heavy atom. The summed E-state index contributed by atoms with van der Waals surface area (Å²) in [4.78, 5) is 37.4. The first-order chi connectivity index (χ1) is 16.5. The average molecular weight is 479 g/mol. The quantitative estimate of drug-likeness (QED) is 0.414. The maximum absolute atomic E-state index is 12.8. The Hall–Kier alpha value is -3.65. The van der Waals surface area contributed by atoms with Crippen molar-refractivity contribution in [2.45, 2.75) is 37.8 Å². The Morgan fingerprint density at radius 2 is 1.62 bits per heavy atom. The minimum absolute atomic E-state index is 0.0779. The highest BCUT2D eigenvalue weighted by atomic mass is 32.1. The summed E-state index contributed by atoms with van der Waals surface area (Å²) in [5.74, 6) is -1.54. The molecule has 1 unspecified atom stereocenters. The van der Waals surface area contributed by atoms with Crippen molar-refractivity contribution in [2.24, 2.45) is 0 Å². The molecular formula is C26H26N2O5S. The molecule has 0 fully saturated rings. The molecule has 3 aromatic rings. The van der Waals surface area contributed by atoms with Crippen LogP contribution in [-0.4, -0.2) is 35.7 Å². The maximum Gasteiger partial charge on any atom is 0.407 e. The number of hydrogen-bond donors (Lipinski definition) is 3. The fourth-order valence-corrected chi connectivity index (χ4v) is 5.07. The van der Waals surface area contributed by atoms with Gasteiger partial charge in [0.05, 0.1) is 12.5 Å². The summed E-state index contributed by atoms with van der Waals surface area (Å²) < 4.78 is 5.54. The van der Waals surface area contributed by atoms with Gasteiger partial charge in [0.25, 0.3) is 0 Å². The van der Waals surface area contributed by atoms with Crippen LogP contribution >= 0.6 is 11.3 Å². The number of amides is 2. The largest absolute Gasteiger partial charge is 0.481 e. The number of carbonyl (C=O) groups excluding carboxylic acids is 2. The number of benzene rings is 2. The van der Waals surface area contributed by atoms with E-state index >= 15 is 0 Å². The lowest BCUT2D eigenvalue weighted by Gasteiger charge is -2.22. The fourth-order valence-electron chi connectivity index (χ4n) is 4.29. The predicted molar refractivity (Wildman–Crippen MR) is 130 cm³/mol. The summed E-state index contributed by atoms with van der Waals surface area (Å²) in [5, 5.41) is 16.4. The van der Waals surface area contributed by atoms with Crippen LogP contribution in [0.3, 0.4) is 0 Å². The summed E-state index contributed by atoms with van der Waals surface area (Å²) >= 11 is 1.37. The number of carboxylic acid groups (broad SMARTS) is 1. The molecule has 0 bridgehead atoms. The minimum atomic E-state index is -1.02. The minimum Gasteiger partial charge on any atom is -0.481 e. The SMILES string of the molecule is CC[C@@H](NC(=O)OCC1c2ccccc2-c2ccccc21)C(=O)NC(CC(=O)O)c1cccs1. The second kappa shape index (κ2) is 10.5. The summed E-state index contributed by atoms with van der Waals surface area (Å²) in [6, 6.07) is 18.2. The molecule has 0 spiro atoms. The number of aliphatic carboxylic acids is 1. The lowest BCUT2D eigenvalue weighted by atomic mass is 9.98. The molecule has 34 heavy (non-hydrogen) atoms. The van der Waals surface area contributed by atoms with E-state index < -0.39 is 30.1 Å². The van der Waals surface area contributed by atoms with Crippen LogP contribution in [0.2, 0.25) is 0 Å². The molecule has 2 amide bonds. The van der Waals surface area contributed by atoms with Crippen LogP contribution in [0.5, 0.6) is 0 Å². The fraction of sp³-hybridized carbons (Fsp3) is 0.269. The molecule has 4 rings (SSSR count). The number of thiophene rings is 1. The summed E-state index contributed by atoms with van der Waals surface area (Å²) in [6.45, 7) is 1.92. The van der Waals surface area contributed by atoms with Gasteiger partial charge in [-0.2, -0.15) is 0 Å². The first-order valence-corrected chi connectivity index (χ1v) is 12.0. The molecule has 1 heterocycles. The lowest BCUT2D eigenvalue weighted by molar-refractivity contribution is -0.137. The summed E-state index contributed by atoms with van der Waals surface area (Å²) in [7, 11) is 0. The van der Waals surface area contributed by atoms with Gasteiger partial charge in [-0.3, -0.25) is 9.59 Å². The van der Waals surface area contributed by atoms with E-state index in [9.17, 15) is 19.5 Å². The van der Waals surface area contributed by atoms with Crippen LogP contribution in [-0.2, 0) is 14.3 Å². The number of carboxylic acids is 1. The molecule has 0 aliphatic heterocycles. The van der Waals surface area contributed by atoms with Crippen LogP contribution in [0.4, 0.5) is 4.79 Å². The molecule has 7 nitrogen and oxygen atoms in total. The van der Waals surface area contributed by atoms with Crippen molar-refractivity contribution in [3.63, 3.8) is 0 Å². The second-order valence-electron chi connectivity index (χ2n) is 8.11. The third kappa shape index (κ3) is 5.12. The van der Waals surface area contributed by atoms with Gasteiger partial charge in [0.2, 0.25) is 5.91 Å². The van der Waals surface area contributed by atoms with Gasteiger partial charge in [0, 0.05) is 10.8 Å². The Kier molecular flexibility index (Phi) is 7.27. The van der Waals surface area contributed by atoms with Gasteiger partial charge >= 0.3 is 12.1 Å². The average Bonchev–Trinajstić information content (AvgIpc) is 3.47. The van der Waals surface area contributed by atoms with Gasteiger partial charge in [-0.1, -0.05) is 61.5 Å². The van der Waals surface area contributed by atoms with E-state index in [2.05, 4.69) is 22.8 Å². The van der Waals surface area contributed by atoms with E-state index in [0.717, 1.165) is 27.1 Å². The number of ether oxygens (including phenoxy) is 1. The first-order valence-electron chi connectivity index (χ1n) is 11.1. The van der Waals surface area contributed by atoms with Crippen LogP contribution in [0.15, 0.2) is 66.0 Å². The van der Waals surface area contributed by atoms with Crippen molar-refractivity contribution >= 4 is 29.3 Å². The lowest BCUT2D eigenvalue weighted by Crippen LogP contribution is -2.47. The Bertz CT molecular complexity index is 1130. The highest BCUT2D eigenvalue weighted by Gasteiger charge is 2.30. The molecule has 3 N–H and O–H groups in total. The van der Waals surface area contributed by atoms with Gasteiger partial charge < -0.3 is 20.5 Å². The van der Waals surface area contributed by atoms with Crippen molar-refractivity contribution in [3.8, 4) is 11.1 Å². The van der Waals surface area contributed by atoms with Crippen molar-refractivity contribution in [2.75, 3.05) is 6.61 Å². The van der Waals surface area contributed by atoms with Gasteiger partial charge in [0.15, 0.2) is 0 Å². The zero-order valence-electron chi connectivity index (χ0n) is 18.7. The van der Waals surface area contributed by atoms with E-state index in [1.165, 1.54) is 11.3 Å². The first kappa shape index (κ1) is 23.5. The van der Waals surface area contributed by atoms with Crippen LogP contribution in [0.25, 0.3) is 11.1 Å². The molecular weight excluding hydrogens is 452 g/mol. The molecule has 0 radical (unpaired) electrons. The number of carbonyl (C=O) groups is 3. The number of hydrogen-bond acceptors (Lipinski definition) is 5. The number of nitrogens with one attached hydrogen (secondary N) is 2. The van der Waals surface area contributed by atoms with Gasteiger partial charge in [-0.05, 0) is 40.1 Å². The molecule has 176 valence electrons. The molecule has 8 heteroatoms. The van der Waals surface area contributed by atoms with Gasteiger partial charge in [0.1, 0.15) is 12.6 Å². The van der Waals surface area contributed by atoms with Crippen LogP contribution in [0, 0.1) is 0 Å². The second-order valence-corrected chi connectivity index (χ2v) is 9.08. The number of fused-ring (bicyclic) bond motifs is 3. The summed E-state index contributed by atoms with van der Waals surface area (Å²) in [5.41, 5.74) is 4.48. The predicted octanol–water partition coefficient (Wildman–Crippen LogP) is 4.70. The Morgan fingerprint density at radius 3 is 2.18 bits per heavy atom. The van der Waals surface area contributed by atoms with E-state index in [-0.39, 0.29) is 18.9 Å². The molecule has 1 aromatic heterocycles. The molecule has 2 aromatic carbocycles. The van der Waals surface area contributed by atoms with Crippen LogP contribution in [0.1, 0.15) is 47.7 Å². The monoisotopic (exact) mass is 478 g/mol. The van der Waals surface area contributed by atoms with Crippen molar-refractivity contribution < 1.29 is 24.2 Å². The van der Waals surface area contributed by atoms with Crippen molar-refractivity contribution in [1.82, 2.24) is 10.6 Å². The normalized spacial score (nSPS) is 13.9. The smallest absolute Gasteiger partial charge is 0.407 e. The maximum atomic E-state index is 12.8. The van der Waals surface area contributed by atoms with Crippen molar-refractivity contribution in [1.29, 1.82) is 0 Å². The van der Waals surface area contributed by atoms with Gasteiger partial charge in [-0.25, -0.2) is 4.79 Å². The van der Waals surface area contributed by atoms with E-state index in [1.54, 1.807) is 19.1 Å². The van der Waals surface area contributed by atoms with Gasteiger partial charge in [-0.15, -0.1) is 11.3 Å². The van der Waals surface area contributed by atoms with Crippen molar-refractivity contribution in [3.05, 3.63) is 82.0 Å². The highest BCUT2D eigenvalue weighted by molar-refractivity contribution is 7.10. The van der Waals surface area contributed by atoms with Crippen LogP contribution < -0.4 is 10.6 Å². The van der Waals surface area contributed by atoms with E-state index in [0.29, 0.717) is 6.42 Å². The zero-order chi connectivity index (χ0) is 24.1. The zero-order valence-corrected chi connectivity index (χ0v) is 19.5. The standard InChI is InChI=1S/C26H26N2O5S/c1-2-21(25(31)27-22(14-24(29)30)23-12-7-13-34-23)28-26(32)33-15-20-18-10-5-3-8-16(18)17-9-4-6-11-19(17)20/h3-13,20-22H,2,14-15H2,1H3,(H,27,31)(H,28,32)(H,29,30)/t21-,22?/m1/s1. The molecule has 1 aliphatic rings.